The Balaban J connectivity index is 2.09. The number of nitrogens with one attached hydrogen (secondary N) is 1. The molecule has 0 amide bonds. The van der Waals surface area contributed by atoms with Crippen LogP contribution >= 0.6 is 11.5 Å². The van der Waals surface area contributed by atoms with Gasteiger partial charge in [0.1, 0.15) is 10.6 Å². The Labute approximate surface area is 106 Å². The van der Waals surface area contributed by atoms with E-state index in [-0.39, 0.29) is 5.97 Å². The molecular formula is C12H18N2O2S. The minimum atomic E-state index is -0.269. The number of anilines is 1. The van der Waals surface area contributed by atoms with E-state index in [1.54, 1.807) is 0 Å². The molecule has 0 aromatic carbocycles. The largest absolute Gasteiger partial charge is 0.462 e. The lowest BCUT2D eigenvalue weighted by Gasteiger charge is -2.06. The zero-order valence-corrected chi connectivity index (χ0v) is 11.3. The molecule has 0 radical (unpaired) electrons. The van der Waals surface area contributed by atoms with E-state index < -0.39 is 0 Å². The average Bonchev–Trinajstić information content (AvgIpc) is 2.95. The first kappa shape index (κ1) is 12.4. The molecule has 1 saturated carbocycles. The second kappa shape index (κ2) is 5.04. The van der Waals surface area contributed by atoms with Gasteiger partial charge in [-0.1, -0.05) is 13.3 Å². The molecule has 1 aromatic heterocycles. The zero-order chi connectivity index (χ0) is 12.4. The van der Waals surface area contributed by atoms with Crippen LogP contribution in [-0.2, 0) is 4.74 Å². The van der Waals surface area contributed by atoms with Crippen molar-refractivity contribution in [3.63, 3.8) is 0 Å². The highest BCUT2D eigenvalue weighted by Crippen LogP contribution is 2.38. The number of carbonyl (C=O) groups is 1. The van der Waals surface area contributed by atoms with E-state index in [0.717, 1.165) is 16.6 Å². The fraction of sp³-hybridized carbons (Fsp3) is 0.667. The van der Waals surface area contributed by atoms with Gasteiger partial charge >= 0.3 is 5.97 Å². The molecule has 0 spiro atoms. The molecule has 4 nitrogen and oxygen atoms in total. The van der Waals surface area contributed by atoms with Crippen LogP contribution in [0.5, 0.6) is 0 Å². The molecule has 1 aliphatic carbocycles. The Morgan fingerprint density at radius 1 is 1.59 bits per heavy atom. The van der Waals surface area contributed by atoms with Gasteiger partial charge in [-0.15, -0.1) is 0 Å². The molecule has 0 aliphatic heterocycles. The lowest BCUT2D eigenvalue weighted by atomic mass is 10.2. The van der Waals surface area contributed by atoms with Crippen molar-refractivity contribution in [2.45, 2.75) is 39.7 Å². The third-order valence-electron chi connectivity index (χ3n) is 3.11. The molecule has 2 atom stereocenters. The SMILES string of the molecule is CCOC(=O)c1c(C)nsc1NC1CC1CC. The van der Waals surface area contributed by atoms with Gasteiger partial charge in [-0.3, -0.25) is 0 Å². The van der Waals surface area contributed by atoms with Crippen LogP contribution in [0.3, 0.4) is 0 Å². The molecule has 1 heterocycles. The van der Waals surface area contributed by atoms with Crippen molar-refractivity contribution in [2.75, 3.05) is 11.9 Å². The Hall–Kier alpha value is -1.10. The highest BCUT2D eigenvalue weighted by atomic mass is 32.1. The molecule has 0 saturated heterocycles. The van der Waals surface area contributed by atoms with Gasteiger partial charge in [0.05, 0.1) is 12.3 Å². The van der Waals surface area contributed by atoms with Crippen LogP contribution in [-0.4, -0.2) is 23.0 Å². The minimum Gasteiger partial charge on any atom is -0.462 e. The summed E-state index contributed by atoms with van der Waals surface area (Å²) in [6.07, 6.45) is 2.37. The highest BCUT2D eigenvalue weighted by molar-refractivity contribution is 7.10. The molecule has 94 valence electrons. The van der Waals surface area contributed by atoms with Crippen LogP contribution in [0.25, 0.3) is 0 Å². The smallest absolute Gasteiger partial charge is 0.343 e. The van der Waals surface area contributed by atoms with Crippen LogP contribution in [0.2, 0.25) is 0 Å². The van der Waals surface area contributed by atoms with Crippen molar-refractivity contribution < 1.29 is 9.53 Å². The molecule has 0 bridgehead atoms. The quantitative estimate of drug-likeness (QED) is 0.821. The summed E-state index contributed by atoms with van der Waals surface area (Å²) in [6.45, 7) is 6.25. The molecule has 1 aliphatic rings. The van der Waals surface area contributed by atoms with Crippen LogP contribution < -0.4 is 5.32 Å². The number of aryl methyl sites for hydroxylation is 1. The molecule has 2 unspecified atom stereocenters. The topological polar surface area (TPSA) is 51.2 Å². The average molecular weight is 254 g/mol. The third kappa shape index (κ3) is 2.60. The number of hydrogen-bond acceptors (Lipinski definition) is 5. The maximum atomic E-state index is 11.8. The van der Waals surface area contributed by atoms with Gasteiger partial charge < -0.3 is 10.1 Å². The molecule has 2 rings (SSSR count). The standard InChI is InChI=1S/C12H18N2O2S/c1-4-8-6-9(8)13-11-10(7(3)14-17-11)12(15)16-5-2/h8-9,13H,4-6H2,1-3H3. The van der Waals surface area contributed by atoms with Crippen molar-refractivity contribution in [3.05, 3.63) is 11.3 Å². The van der Waals surface area contributed by atoms with E-state index in [9.17, 15) is 4.79 Å². The minimum absolute atomic E-state index is 0.269. The van der Waals surface area contributed by atoms with E-state index in [4.69, 9.17) is 4.74 Å². The lowest BCUT2D eigenvalue weighted by Crippen LogP contribution is -2.11. The number of hydrogen-bond donors (Lipinski definition) is 1. The van der Waals surface area contributed by atoms with Gasteiger partial charge in [-0.2, -0.15) is 4.37 Å². The van der Waals surface area contributed by atoms with Gasteiger partial charge in [0.15, 0.2) is 0 Å². The van der Waals surface area contributed by atoms with Crippen molar-refractivity contribution >= 4 is 22.5 Å². The Kier molecular flexibility index (Phi) is 3.66. The van der Waals surface area contributed by atoms with Gasteiger partial charge in [0.25, 0.3) is 0 Å². The Morgan fingerprint density at radius 3 is 2.94 bits per heavy atom. The predicted octanol–water partition coefficient (Wildman–Crippen LogP) is 2.84. The van der Waals surface area contributed by atoms with Crippen LogP contribution in [0.15, 0.2) is 0 Å². The number of nitrogens with zero attached hydrogens (tertiary/aromatic N) is 1. The fourth-order valence-corrected chi connectivity index (χ4v) is 2.80. The molecular weight excluding hydrogens is 236 g/mol. The van der Waals surface area contributed by atoms with Crippen molar-refractivity contribution in [3.8, 4) is 0 Å². The van der Waals surface area contributed by atoms with Crippen LogP contribution in [0.1, 0.15) is 42.7 Å². The van der Waals surface area contributed by atoms with Crippen molar-refractivity contribution in [1.29, 1.82) is 0 Å². The first-order valence-corrected chi connectivity index (χ1v) is 6.84. The number of esters is 1. The van der Waals surface area contributed by atoms with Crippen LogP contribution in [0, 0.1) is 12.8 Å². The Morgan fingerprint density at radius 2 is 2.35 bits per heavy atom. The van der Waals surface area contributed by atoms with Crippen LogP contribution in [0.4, 0.5) is 5.00 Å². The number of rotatable bonds is 5. The van der Waals surface area contributed by atoms with E-state index in [1.165, 1.54) is 24.4 Å². The normalized spacial score (nSPS) is 22.3. The monoisotopic (exact) mass is 254 g/mol. The zero-order valence-electron chi connectivity index (χ0n) is 10.4. The fourth-order valence-electron chi connectivity index (χ4n) is 1.96. The van der Waals surface area contributed by atoms with E-state index in [2.05, 4.69) is 16.6 Å². The number of carbonyl (C=O) groups excluding carboxylic acids is 1. The molecule has 1 N–H and O–H groups in total. The molecule has 1 aromatic rings. The maximum Gasteiger partial charge on any atom is 0.343 e. The Bertz CT molecular complexity index is 417. The summed E-state index contributed by atoms with van der Waals surface area (Å²) in [5, 5.41) is 4.26. The summed E-state index contributed by atoms with van der Waals surface area (Å²) < 4.78 is 9.28. The van der Waals surface area contributed by atoms with Gasteiger partial charge in [-0.25, -0.2) is 4.79 Å². The second-order valence-corrected chi connectivity index (χ2v) is 5.12. The summed E-state index contributed by atoms with van der Waals surface area (Å²) in [5.74, 6) is 0.474. The summed E-state index contributed by atoms with van der Waals surface area (Å²) in [5.41, 5.74) is 1.36. The van der Waals surface area contributed by atoms with Gasteiger partial charge in [0.2, 0.25) is 0 Å². The summed E-state index contributed by atoms with van der Waals surface area (Å²) >= 11 is 1.35. The summed E-state index contributed by atoms with van der Waals surface area (Å²) in [4.78, 5) is 11.8. The van der Waals surface area contributed by atoms with E-state index in [0.29, 0.717) is 18.2 Å². The first-order valence-electron chi connectivity index (χ1n) is 6.07. The van der Waals surface area contributed by atoms with Crippen molar-refractivity contribution in [1.82, 2.24) is 4.37 Å². The van der Waals surface area contributed by atoms with Gasteiger partial charge in [-0.05, 0) is 37.7 Å². The molecule has 17 heavy (non-hydrogen) atoms. The first-order chi connectivity index (χ1) is 8.17. The second-order valence-electron chi connectivity index (χ2n) is 4.35. The predicted molar refractivity (Wildman–Crippen MR) is 68.6 cm³/mol. The molecule has 1 fully saturated rings. The number of aromatic nitrogens is 1. The van der Waals surface area contributed by atoms with Crippen molar-refractivity contribution in [2.24, 2.45) is 5.92 Å². The summed E-state index contributed by atoms with van der Waals surface area (Å²) in [7, 11) is 0. The number of ether oxygens (including phenoxy) is 1. The lowest BCUT2D eigenvalue weighted by molar-refractivity contribution is 0.0527. The van der Waals surface area contributed by atoms with Gasteiger partial charge in [0, 0.05) is 6.04 Å². The summed E-state index contributed by atoms with van der Waals surface area (Å²) in [6, 6.07) is 0.507. The third-order valence-corrected chi connectivity index (χ3v) is 3.98. The molecule has 5 heteroatoms. The maximum absolute atomic E-state index is 11.8. The highest BCUT2D eigenvalue weighted by Gasteiger charge is 2.36. The van der Waals surface area contributed by atoms with E-state index >= 15 is 0 Å². The van der Waals surface area contributed by atoms with E-state index in [1.807, 2.05) is 13.8 Å².